The lowest BCUT2D eigenvalue weighted by Gasteiger charge is -2.18. The van der Waals surface area contributed by atoms with Crippen molar-refractivity contribution in [1.29, 1.82) is 0 Å². The zero-order valence-electron chi connectivity index (χ0n) is 11.7. The molecule has 0 atom stereocenters. The topological polar surface area (TPSA) is 41.1 Å². The van der Waals surface area contributed by atoms with Crippen LogP contribution in [0.5, 0.6) is 0 Å². The van der Waals surface area contributed by atoms with Gasteiger partial charge in [0.2, 0.25) is 0 Å². The van der Waals surface area contributed by atoms with Crippen molar-refractivity contribution in [3.63, 3.8) is 0 Å². The van der Waals surface area contributed by atoms with Crippen LogP contribution in [0.3, 0.4) is 0 Å². The van der Waals surface area contributed by atoms with Crippen molar-refractivity contribution in [3.05, 3.63) is 63.6 Å². The molecule has 0 saturated heterocycles. The zero-order valence-corrected chi connectivity index (χ0v) is 13.2. The molecule has 0 fully saturated rings. The monoisotopic (exact) mass is 344 g/mol. The van der Waals surface area contributed by atoms with Gasteiger partial charge >= 0.3 is 0 Å². The number of fused-ring (bicyclic) bond motifs is 1. The normalized spacial score (nSPS) is 13.2. The molecule has 2 aromatic rings. The Morgan fingerprint density at radius 2 is 2.14 bits per heavy atom. The van der Waals surface area contributed by atoms with Crippen molar-refractivity contribution in [2.75, 3.05) is 11.9 Å². The van der Waals surface area contributed by atoms with Crippen LogP contribution in [0.1, 0.15) is 27.9 Å². The lowest BCUT2D eigenvalue weighted by atomic mass is 10.0. The number of halogens is 1. The highest BCUT2D eigenvalue weighted by Crippen LogP contribution is 2.22. The van der Waals surface area contributed by atoms with Gasteiger partial charge in [0.15, 0.2) is 0 Å². The summed E-state index contributed by atoms with van der Waals surface area (Å²) in [6.07, 6.45) is 2.16. The molecule has 4 heteroatoms. The lowest BCUT2D eigenvalue weighted by molar-refractivity contribution is 0.0951. The van der Waals surface area contributed by atoms with E-state index in [0.717, 1.165) is 40.7 Å². The molecule has 1 aliphatic heterocycles. The molecule has 2 N–H and O–H groups in total. The van der Waals surface area contributed by atoms with Crippen molar-refractivity contribution >= 4 is 27.5 Å². The molecular weight excluding hydrogens is 328 g/mol. The van der Waals surface area contributed by atoms with E-state index in [1.165, 1.54) is 5.56 Å². The molecule has 21 heavy (non-hydrogen) atoms. The van der Waals surface area contributed by atoms with Crippen molar-refractivity contribution in [1.82, 2.24) is 5.32 Å². The van der Waals surface area contributed by atoms with E-state index in [1.807, 2.05) is 42.5 Å². The standard InChI is InChI=1S/C17H17BrN2O/c18-15-5-1-3-12(9-15)11-20-17(21)14-6-7-16-13(10-14)4-2-8-19-16/h1,3,5-7,9-10,19H,2,4,8,11H2,(H,20,21). The van der Waals surface area contributed by atoms with E-state index in [0.29, 0.717) is 6.54 Å². The number of carbonyl (C=O) groups excluding carboxylic acids is 1. The van der Waals surface area contributed by atoms with E-state index in [9.17, 15) is 4.79 Å². The van der Waals surface area contributed by atoms with Crippen molar-refractivity contribution in [3.8, 4) is 0 Å². The summed E-state index contributed by atoms with van der Waals surface area (Å²) in [6.45, 7) is 1.55. The minimum absolute atomic E-state index is 0.0247. The van der Waals surface area contributed by atoms with Gasteiger partial charge in [-0.05, 0) is 54.3 Å². The highest BCUT2D eigenvalue weighted by Gasteiger charge is 2.12. The van der Waals surface area contributed by atoms with E-state index in [-0.39, 0.29) is 5.91 Å². The van der Waals surface area contributed by atoms with Crippen LogP contribution in [-0.4, -0.2) is 12.5 Å². The second kappa shape index (κ2) is 6.31. The van der Waals surface area contributed by atoms with Crippen LogP contribution in [0.2, 0.25) is 0 Å². The largest absolute Gasteiger partial charge is 0.385 e. The number of carbonyl (C=O) groups is 1. The van der Waals surface area contributed by atoms with E-state index in [4.69, 9.17) is 0 Å². The van der Waals surface area contributed by atoms with Crippen molar-refractivity contribution in [2.24, 2.45) is 0 Å². The summed E-state index contributed by atoms with van der Waals surface area (Å²) in [5.41, 5.74) is 4.20. The van der Waals surface area contributed by atoms with Gasteiger partial charge in [0, 0.05) is 28.8 Å². The van der Waals surface area contributed by atoms with Gasteiger partial charge in [0.1, 0.15) is 0 Å². The van der Waals surface area contributed by atoms with Gasteiger partial charge in [0.05, 0.1) is 0 Å². The summed E-state index contributed by atoms with van der Waals surface area (Å²) in [5, 5.41) is 6.32. The first-order valence-corrected chi connectivity index (χ1v) is 7.91. The lowest BCUT2D eigenvalue weighted by Crippen LogP contribution is -2.23. The zero-order chi connectivity index (χ0) is 14.7. The molecule has 1 heterocycles. The summed E-state index contributed by atoms with van der Waals surface area (Å²) in [6, 6.07) is 13.8. The van der Waals surface area contributed by atoms with Gasteiger partial charge in [-0.25, -0.2) is 0 Å². The molecule has 1 amide bonds. The quantitative estimate of drug-likeness (QED) is 0.890. The third-order valence-electron chi connectivity index (χ3n) is 3.65. The number of rotatable bonds is 3. The molecule has 2 aromatic carbocycles. The highest BCUT2D eigenvalue weighted by atomic mass is 79.9. The van der Waals surface area contributed by atoms with Gasteiger partial charge in [0.25, 0.3) is 5.91 Å². The number of nitrogens with one attached hydrogen (secondary N) is 2. The minimum atomic E-state index is -0.0247. The molecule has 0 spiro atoms. The summed E-state index contributed by atoms with van der Waals surface area (Å²) >= 11 is 3.44. The number of benzene rings is 2. The van der Waals surface area contributed by atoms with Crippen LogP contribution in [0.25, 0.3) is 0 Å². The Morgan fingerprint density at radius 3 is 3.00 bits per heavy atom. The van der Waals surface area contributed by atoms with Crippen LogP contribution in [0.15, 0.2) is 46.9 Å². The van der Waals surface area contributed by atoms with Crippen LogP contribution in [0, 0.1) is 0 Å². The van der Waals surface area contributed by atoms with E-state index in [1.54, 1.807) is 0 Å². The van der Waals surface area contributed by atoms with Gasteiger partial charge in [-0.3, -0.25) is 4.79 Å². The smallest absolute Gasteiger partial charge is 0.251 e. The molecule has 3 nitrogen and oxygen atoms in total. The Bertz CT molecular complexity index is 670. The van der Waals surface area contributed by atoms with E-state index < -0.39 is 0 Å². The summed E-state index contributed by atoms with van der Waals surface area (Å²) < 4.78 is 1.02. The molecule has 0 unspecified atom stereocenters. The maximum atomic E-state index is 12.2. The Kier molecular flexibility index (Phi) is 4.25. The maximum absolute atomic E-state index is 12.2. The second-order valence-corrected chi connectivity index (χ2v) is 6.13. The fraction of sp³-hybridized carbons (Fsp3) is 0.235. The third-order valence-corrected chi connectivity index (χ3v) is 4.14. The molecule has 108 valence electrons. The maximum Gasteiger partial charge on any atom is 0.251 e. The fourth-order valence-corrected chi connectivity index (χ4v) is 2.99. The predicted octanol–water partition coefficient (Wildman–Crippen LogP) is 3.74. The Labute approximate surface area is 132 Å². The average molecular weight is 345 g/mol. The summed E-state index contributed by atoms with van der Waals surface area (Å²) in [7, 11) is 0. The Hall–Kier alpha value is -1.81. The van der Waals surface area contributed by atoms with Crippen LogP contribution < -0.4 is 10.6 Å². The molecular formula is C17H17BrN2O. The third kappa shape index (κ3) is 3.45. The van der Waals surface area contributed by atoms with Gasteiger partial charge in [-0.1, -0.05) is 28.1 Å². The van der Waals surface area contributed by atoms with Crippen LogP contribution in [-0.2, 0) is 13.0 Å². The molecule has 0 bridgehead atoms. The molecule has 1 aliphatic rings. The number of aryl methyl sites for hydroxylation is 1. The first-order valence-electron chi connectivity index (χ1n) is 7.12. The average Bonchev–Trinajstić information content (AvgIpc) is 2.52. The number of amides is 1. The molecule has 0 aliphatic carbocycles. The summed E-state index contributed by atoms with van der Waals surface area (Å²) in [5.74, 6) is -0.0247. The Morgan fingerprint density at radius 1 is 1.24 bits per heavy atom. The predicted molar refractivity (Wildman–Crippen MR) is 88.6 cm³/mol. The fourth-order valence-electron chi connectivity index (χ4n) is 2.55. The van der Waals surface area contributed by atoms with Crippen molar-refractivity contribution < 1.29 is 4.79 Å². The SMILES string of the molecule is O=C(NCc1cccc(Br)c1)c1ccc2c(c1)CCCN2. The number of hydrogen-bond donors (Lipinski definition) is 2. The molecule has 3 rings (SSSR count). The molecule has 0 saturated carbocycles. The van der Waals surface area contributed by atoms with Crippen molar-refractivity contribution in [2.45, 2.75) is 19.4 Å². The molecule has 0 aromatic heterocycles. The first-order chi connectivity index (χ1) is 10.2. The van der Waals surface area contributed by atoms with Gasteiger partial charge < -0.3 is 10.6 Å². The number of hydrogen-bond acceptors (Lipinski definition) is 2. The van der Waals surface area contributed by atoms with Crippen LogP contribution in [0.4, 0.5) is 5.69 Å². The summed E-state index contributed by atoms with van der Waals surface area (Å²) in [4.78, 5) is 12.2. The molecule has 0 radical (unpaired) electrons. The minimum Gasteiger partial charge on any atom is -0.385 e. The van der Waals surface area contributed by atoms with E-state index >= 15 is 0 Å². The highest BCUT2D eigenvalue weighted by molar-refractivity contribution is 9.10. The van der Waals surface area contributed by atoms with Crippen LogP contribution >= 0.6 is 15.9 Å². The number of anilines is 1. The van der Waals surface area contributed by atoms with Gasteiger partial charge in [-0.15, -0.1) is 0 Å². The first kappa shape index (κ1) is 14.1. The van der Waals surface area contributed by atoms with Gasteiger partial charge in [-0.2, -0.15) is 0 Å². The second-order valence-electron chi connectivity index (χ2n) is 5.21. The van der Waals surface area contributed by atoms with E-state index in [2.05, 4.69) is 26.6 Å². The Balaban J connectivity index is 1.68.